The van der Waals surface area contributed by atoms with Crippen LogP contribution in [0, 0.1) is 63.6 Å². The average molecular weight is 1790 g/mol. The van der Waals surface area contributed by atoms with E-state index in [-0.39, 0.29) is 34.9 Å². The third kappa shape index (κ3) is 27.7. The number of aryl methyl sites for hydroxylation is 4. The standard InChI is InChI=1S/C20H32N.2C19H30N.3C10H12O.6ClH.3Ru/c1-8-20(9-2)13-19(6,7)21(14-20)18-16(5)11-10-12-17(18)15(3)4;1-8-19(9-2)12-18(6,7)20(13-19)17-15(4)10-14(3)11-16(17)5;1-7-19(8-2)13-18(5,6)20(14-19)17-12-10-9-11-16(17)15(3)4;3*1-8(2)11-10-7-5-4-6-9(10)3;;;;;;;;;/h10-12,14-15H,8-9,13H2,1-7H3;10-11,13H,8-9,12H2,1-7H3;9-12,14-15H,7-8,13H2,1-6H3;3*3-8H,1-2H3;6*1H;;;/q3*-1;;;;;;;;;;3*+2/p-6. The van der Waals surface area contributed by atoms with Gasteiger partial charge in [-0.05, 0) is 115 Å². The number of halogens is 6. The van der Waals surface area contributed by atoms with Crippen molar-refractivity contribution in [3.8, 4) is 17.2 Å². The average Bonchev–Trinajstić information content (AvgIpc) is 1.63. The van der Waals surface area contributed by atoms with Gasteiger partial charge in [0.15, 0.2) is 0 Å². The Morgan fingerprint density at radius 2 is 0.670 bits per heavy atom. The second kappa shape index (κ2) is 42.5. The zero-order chi connectivity index (χ0) is 77.6. The predicted molar refractivity (Wildman–Crippen MR) is 449 cm³/mol. The summed E-state index contributed by atoms with van der Waals surface area (Å²) >= 11 is -5.31. The SMILES string of the molecule is CC(C)Oc1ccccc1[CH]=[Ru]([Cl])[Cl].CC(C)Oc1ccccc1[CH]=[Ru]([Cl])[Cl].CC(C)Oc1ccccc1[CH]=[Ru]([Cl])[Cl].CCC1(CC)[CH-]N(c2c(C)cc(C)cc2C)C(C)(C)C1.CCC1(CC)[CH-]N(c2c(C)cccc2C(C)C)C(C)(C)C1.CCC1(CC)[CH-]N(c2ccccc2C(C)C)C(C)(C)C1. The Bertz CT molecular complexity index is 3500. The number of hydrogen-bond acceptors (Lipinski definition) is 6. The molecule has 0 saturated carbocycles. The number of benzene rings is 6. The fourth-order valence-electron chi connectivity index (χ4n) is 14.8. The van der Waals surface area contributed by atoms with Gasteiger partial charge in [0.2, 0.25) is 0 Å². The van der Waals surface area contributed by atoms with E-state index < -0.39 is 40.6 Å². The Morgan fingerprint density at radius 3 is 0.981 bits per heavy atom. The number of para-hydroxylation sites is 5. The summed E-state index contributed by atoms with van der Waals surface area (Å²) in [6.45, 7) is 66.0. The number of hydrogen-bond donors (Lipinski definition) is 0. The van der Waals surface area contributed by atoms with Crippen molar-refractivity contribution in [2.24, 2.45) is 16.2 Å². The first-order valence-corrected chi connectivity index (χ1v) is 53.6. The molecule has 0 unspecified atom stereocenters. The van der Waals surface area contributed by atoms with Gasteiger partial charge in [0, 0.05) is 33.7 Å². The molecule has 3 heterocycles. The van der Waals surface area contributed by atoms with Crippen molar-refractivity contribution < 1.29 is 54.8 Å². The van der Waals surface area contributed by atoms with Crippen molar-refractivity contribution in [3.63, 3.8) is 0 Å². The van der Waals surface area contributed by atoms with E-state index in [1.165, 1.54) is 108 Å². The van der Waals surface area contributed by atoms with Gasteiger partial charge in [0.05, 0.1) is 0 Å². The van der Waals surface area contributed by atoms with Crippen LogP contribution < -0.4 is 28.9 Å². The number of anilines is 3. The summed E-state index contributed by atoms with van der Waals surface area (Å²) in [7, 11) is 34.9. The van der Waals surface area contributed by atoms with Crippen LogP contribution in [0.5, 0.6) is 17.2 Å². The molecule has 3 fully saturated rings. The summed E-state index contributed by atoms with van der Waals surface area (Å²) in [4.78, 5) is 7.70. The quantitative estimate of drug-likeness (QED) is 0.0560. The Hall–Kier alpha value is -2.66. The van der Waals surface area contributed by atoms with Gasteiger partial charge in [0.1, 0.15) is 0 Å². The first-order chi connectivity index (χ1) is 48.1. The van der Waals surface area contributed by atoms with Crippen LogP contribution >= 0.6 is 58.1 Å². The van der Waals surface area contributed by atoms with Crippen molar-refractivity contribution in [3.05, 3.63) is 197 Å². The smallest absolute Gasteiger partial charge is 0.0140 e. The summed E-state index contributed by atoms with van der Waals surface area (Å²) in [5.41, 5.74) is 17.4. The number of nitrogens with zero attached hydrogens (tertiary/aromatic N) is 3. The van der Waals surface area contributed by atoms with Crippen LogP contribution in [0.1, 0.15) is 272 Å². The first-order valence-electron chi connectivity index (χ1n) is 37.1. The monoisotopic (exact) mass is 1790 g/mol. The number of ether oxygens (including phenoxy) is 3. The molecule has 0 amide bonds. The van der Waals surface area contributed by atoms with Gasteiger partial charge >= 0.3 is 293 Å². The molecule has 0 atom stereocenters. The summed E-state index contributed by atoms with van der Waals surface area (Å²) in [5.74, 6) is 3.67. The van der Waals surface area contributed by atoms with E-state index >= 15 is 0 Å². The third-order valence-electron chi connectivity index (χ3n) is 20.0. The molecule has 3 saturated heterocycles. The topological polar surface area (TPSA) is 37.4 Å². The minimum absolute atomic E-state index is 0.163. The van der Waals surface area contributed by atoms with Crippen molar-refractivity contribution in [1.82, 2.24) is 0 Å². The zero-order valence-electron chi connectivity index (χ0n) is 67.2. The molecule has 3 aliphatic heterocycles. The van der Waals surface area contributed by atoms with Crippen LogP contribution in [0.4, 0.5) is 17.1 Å². The molecule has 6 nitrogen and oxygen atoms in total. The second-order valence-electron chi connectivity index (χ2n) is 31.3. The van der Waals surface area contributed by atoms with Crippen molar-refractivity contribution in [1.29, 1.82) is 0 Å². The Balaban J connectivity index is 0.000000264. The molecule has 6 aromatic carbocycles. The number of rotatable bonds is 20. The molecule has 582 valence electrons. The maximum atomic E-state index is 5.82. The molecule has 0 radical (unpaired) electrons. The molecular weight excluding hydrogens is 1660 g/mol. The molecule has 15 heteroatoms. The summed E-state index contributed by atoms with van der Waals surface area (Å²) in [6, 6.07) is 43.6. The van der Waals surface area contributed by atoms with E-state index in [0.29, 0.717) is 28.1 Å². The molecule has 0 spiro atoms. The van der Waals surface area contributed by atoms with E-state index in [0.717, 1.165) is 33.9 Å². The van der Waals surface area contributed by atoms with Crippen LogP contribution in [-0.2, 0) is 40.6 Å². The molecule has 9 rings (SSSR count). The second-order valence-corrected chi connectivity index (χ2v) is 48.5. The molecule has 3 aliphatic rings. The summed E-state index contributed by atoms with van der Waals surface area (Å²) in [5, 5.41) is 0. The van der Waals surface area contributed by atoms with Crippen molar-refractivity contribution in [2.45, 2.75) is 285 Å². The largest absolute Gasteiger partial charge is 0.517 e. The fraction of sp³-hybridized carbons (Fsp3) is 0.523. The van der Waals surface area contributed by atoms with Crippen LogP contribution in [0.15, 0.2) is 127 Å². The van der Waals surface area contributed by atoms with Crippen LogP contribution in [0.3, 0.4) is 0 Å². The van der Waals surface area contributed by atoms with Gasteiger partial charge in [-0.3, -0.25) is 0 Å². The van der Waals surface area contributed by atoms with Crippen LogP contribution in [-0.4, -0.2) is 48.8 Å². The zero-order valence-corrected chi connectivity index (χ0v) is 77.0. The molecule has 0 aliphatic carbocycles. The van der Waals surface area contributed by atoms with E-state index in [2.05, 4.69) is 227 Å². The summed E-state index contributed by atoms with van der Waals surface area (Å²) in [6.07, 6.45) is 11.6. The van der Waals surface area contributed by atoms with Crippen LogP contribution in [0.2, 0.25) is 0 Å². The van der Waals surface area contributed by atoms with Gasteiger partial charge in [0.25, 0.3) is 0 Å². The molecule has 103 heavy (non-hydrogen) atoms. The maximum Gasteiger partial charge on any atom is 0.0140 e. The van der Waals surface area contributed by atoms with E-state index in [1.807, 2.05) is 128 Å². The van der Waals surface area contributed by atoms with Gasteiger partial charge in [-0.25, -0.2) is 19.6 Å². The molecule has 0 bridgehead atoms. The fourth-order valence-corrected chi connectivity index (χ4v) is 20.2. The molecule has 6 aromatic rings. The summed E-state index contributed by atoms with van der Waals surface area (Å²) < 4.78 is 22.5. The first kappa shape index (κ1) is 92.7. The molecular formula is C88H128Cl6N3O3Ru3-3. The Morgan fingerprint density at radius 1 is 0.379 bits per heavy atom. The van der Waals surface area contributed by atoms with E-state index in [4.69, 9.17) is 72.4 Å². The predicted octanol–water partition coefficient (Wildman–Crippen LogP) is 28.1. The van der Waals surface area contributed by atoms with Crippen LogP contribution in [0.25, 0.3) is 0 Å². The minimum atomic E-state index is -1.77. The molecule has 0 aromatic heterocycles. The van der Waals surface area contributed by atoms with E-state index in [1.54, 1.807) is 0 Å². The third-order valence-corrected chi connectivity index (χ3v) is 25.5. The van der Waals surface area contributed by atoms with Gasteiger partial charge in [-0.1, -0.05) is 181 Å². The van der Waals surface area contributed by atoms with Gasteiger partial charge in [-0.15, -0.1) is 16.2 Å². The van der Waals surface area contributed by atoms with Crippen molar-refractivity contribution in [2.75, 3.05) is 14.7 Å². The minimum Gasteiger partial charge on any atom is -0.517 e. The van der Waals surface area contributed by atoms with Gasteiger partial charge < -0.3 is 14.7 Å². The Kier molecular flexibility index (Phi) is 38.3. The molecule has 0 N–H and O–H groups in total. The normalized spacial score (nSPS) is 16.7. The van der Waals surface area contributed by atoms with E-state index in [9.17, 15) is 0 Å². The van der Waals surface area contributed by atoms with Gasteiger partial charge in [-0.2, -0.15) is 0 Å². The maximum absolute atomic E-state index is 5.82. The van der Waals surface area contributed by atoms with Crippen molar-refractivity contribution >= 4 is 89.0 Å². The Labute approximate surface area is 667 Å².